The van der Waals surface area contributed by atoms with Gasteiger partial charge in [0.25, 0.3) is 0 Å². The molecule has 146 valence electrons. The van der Waals surface area contributed by atoms with Crippen molar-refractivity contribution in [3.63, 3.8) is 0 Å². The molecule has 0 spiro atoms. The van der Waals surface area contributed by atoms with E-state index in [1.165, 1.54) is 18.4 Å². The highest BCUT2D eigenvalue weighted by atomic mass is 35.5. The van der Waals surface area contributed by atoms with Gasteiger partial charge in [-0.3, -0.25) is 0 Å². The van der Waals surface area contributed by atoms with Crippen LogP contribution in [0.3, 0.4) is 0 Å². The van der Waals surface area contributed by atoms with E-state index in [0.29, 0.717) is 34.7 Å². The van der Waals surface area contributed by atoms with E-state index in [2.05, 4.69) is 0 Å². The van der Waals surface area contributed by atoms with Gasteiger partial charge >= 0.3 is 5.97 Å². The van der Waals surface area contributed by atoms with Gasteiger partial charge in [-0.25, -0.2) is 4.79 Å². The maximum atomic E-state index is 11.6. The van der Waals surface area contributed by atoms with Crippen molar-refractivity contribution >= 4 is 28.9 Å². The first-order valence-electron chi connectivity index (χ1n) is 8.83. The summed E-state index contributed by atoms with van der Waals surface area (Å²) >= 11 is 7.80. The van der Waals surface area contributed by atoms with Gasteiger partial charge in [0, 0.05) is 22.7 Å². The first kappa shape index (κ1) is 20.3. The van der Waals surface area contributed by atoms with E-state index in [-0.39, 0.29) is 24.8 Å². The molecular formula is C20H23ClO5S. The molecule has 1 aromatic carbocycles. The second-order valence-electron chi connectivity index (χ2n) is 6.80. The number of aliphatic hydroxyl groups excluding tert-OH is 2. The van der Waals surface area contributed by atoms with Crippen LogP contribution >= 0.6 is 22.9 Å². The van der Waals surface area contributed by atoms with Crippen LogP contribution in [-0.2, 0) is 22.5 Å². The Hall–Kier alpha value is -1.44. The second kappa shape index (κ2) is 8.71. The molecule has 1 saturated heterocycles. The lowest BCUT2D eigenvalue weighted by atomic mass is 9.91. The molecule has 27 heavy (non-hydrogen) atoms. The third-order valence-corrected chi connectivity index (χ3v) is 6.14. The largest absolute Gasteiger partial charge is 0.465 e. The maximum Gasteiger partial charge on any atom is 0.348 e. The molecule has 5 nitrogen and oxygen atoms in total. The van der Waals surface area contributed by atoms with Crippen molar-refractivity contribution in [2.24, 2.45) is 0 Å². The minimum Gasteiger partial charge on any atom is -0.465 e. The zero-order valence-corrected chi connectivity index (χ0v) is 16.8. The molecule has 0 aliphatic carbocycles. The Morgan fingerprint density at radius 3 is 2.78 bits per heavy atom. The zero-order chi connectivity index (χ0) is 19.6. The normalized spacial score (nSPS) is 22.6. The lowest BCUT2D eigenvalue weighted by Crippen LogP contribution is -2.30. The van der Waals surface area contributed by atoms with Gasteiger partial charge in [0.15, 0.2) is 0 Å². The summed E-state index contributed by atoms with van der Waals surface area (Å²) in [6, 6.07) is 7.33. The number of esters is 1. The van der Waals surface area contributed by atoms with Crippen molar-refractivity contribution in [3.8, 4) is 0 Å². The van der Waals surface area contributed by atoms with Crippen LogP contribution in [0.15, 0.2) is 24.3 Å². The van der Waals surface area contributed by atoms with Gasteiger partial charge in [-0.2, -0.15) is 0 Å². The number of carbonyl (C=O) groups is 1. The molecule has 0 bridgehead atoms. The van der Waals surface area contributed by atoms with E-state index in [9.17, 15) is 15.0 Å². The number of carbonyl (C=O) groups excluding carboxylic acids is 1. The number of benzene rings is 1. The highest BCUT2D eigenvalue weighted by Crippen LogP contribution is 2.36. The Kier molecular flexibility index (Phi) is 6.55. The Bertz CT molecular complexity index is 809. The van der Waals surface area contributed by atoms with Gasteiger partial charge in [-0.1, -0.05) is 17.7 Å². The van der Waals surface area contributed by atoms with E-state index >= 15 is 0 Å². The van der Waals surface area contributed by atoms with E-state index in [1.54, 1.807) is 12.1 Å². The fourth-order valence-corrected chi connectivity index (χ4v) is 4.64. The smallest absolute Gasteiger partial charge is 0.348 e. The molecule has 7 heteroatoms. The van der Waals surface area contributed by atoms with Gasteiger partial charge in [0.05, 0.1) is 32.0 Å². The average Bonchev–Trinajstić information content (AvgIpc) is 3.10. The monoisotopic (exact) mass is 410 g/mol. The molecule has 3 unspecified atom stereocenters. The second-order valence-corrected chi connectivity index (χ2v) is 8.37. The summed E-state index contributed by atoms with van der Waals surface area (Å²) in [7, 11) is 1.36. The summed E-state index contributed by atoms with van der Waals surface area (Å²) in [6.45, 7) is 1.79. The lowest BCUT2D eigenvalue weighted by Gasteiger charge is -2.33. The van der Waals surface area contributed by atoms with Crippen LogP contribution < -0.4 is 0 Å². The summed E-state index contributed by atoms with van der Waals surface area (Å²) in [4.78, 5) is 13.2. The Balaban J connectivity index is 1.89. The lowest BCUT2D eigenvalue weighted by molar-refractivity contribution is -0.0901. The number of hydrogen-bond acceptors (Lipinski definition) is 6. The summed E-state index contributed by atoms with van der Waals surface area (Å²) in [5.74, 6) is -0.354. The molecule has 2 heterocycles. The topological polar surface area (TPSA) is 76.0 Å². The van der Waals surface area contributed by atoms with Gasteiger partial charge < -0.3 is 19.7 Å². The molecule has 0 radical (unpaired) electrons. The number of rotatable bonds is 5. The molecule has 2 N–H and O–H groups in total. The Labute approximate surface area is 167 Å². The van der Waals surface area contributed by atoms with Crippen molar-refractivity contribution in [3.05, 3.63) is 55.7 Å². The number of ether oxygens (including phenoxy) is 2. The first-order chi connectivity index (χ1) is 12.9. The summed E-state index contributed by atoms with van der Waals surface area (Å²) in [6.07, 6.45) is 0.898. The molecule has 1 aromatic heterocycles. The predicted molar refractivity (Wildman–Crippen MR) is 104 cm³/mol. The highest BCUT2D eigenvalue weighted by molar-refractivity contribution is 7.13. The third-order valence-electron chi connectivity index (χ3n) is 4.73. The van der Waals surface area contributed by atoms with E-state index < -0.39 is 6.10 Å². The third kappa shape index (κ3) is 4.70. The van der Waals surface area contributed by atoms with Crippen molar-refractivity contribution in [2.45, 2.75) is 51.1 Å². The van der Waals surface area contributed by atoms with E-state index in [4.69, 9.17) is 21.1 Å². The Morgan fingerprint density at radius 1 is 1.33 bits per heavy atom. The maximum absolute atomic E-state index is 11.6. The number of aliphatic hydroxyl groups is 2. The molecule has 1 aliphatic heterocycles. The molecule has 2 aromatic rings. The van der Waals surface area contributed by atoms with Gasteiger partial charge in [0.1, 0.15) is 4.88 Å². The number of thiophene rings is 1. The van der Waals surface area contributed by atoms with Gasteiger partial charge in [0.2, 0.25) is 0 Å². The van der Waals surface area contributed by atoms with E-state index in [0.717, 1.165) is 16.0 Å². The Morgan fingerprint density at radius 2 is 2.11 bits per heavy atom. The number of methoxy groups -OCH3 is 1. The quantitative estimate of drug-likeness (QED) is 0.732. The average molecular weight is 411 g/mol. The van der Waals surface area contributed by atoms with Gasteiger partial charge in [-0.15, -0.1) is 11.3 Å². The summed E-state index contributed by atoms with van der Waals surface area (Å²) < 4.78 is 10.8. The van der Waals surface area contributed by atoms with E-state index in [1.807, 2.05) is 19.1 Å². The first-order valence-corrected chi connectivity index (χ1v) is 10.0. The number of hydrogen-bond donors (Lipinski definition) is 2. The van der Waals surface area contributed by atoms with Crippen molar-refractivity contribution < 1.29 is 24.5 Å². The predicted octanol–water partition coefficient (Wildman–Crippen LogP) is 3.87. The molecule has 3 rings (SSSR count). The summed E-state index contributed by atoms with van der Waals surface area (Å²) in [5.41, 5.74) is 2.45. The minimum absolute atomic E-state index is 0.0515. The van der Waals surface area contributed by atoms with Crippen LogP contribution in [0.5, 0.6) is 0 Å². The SMILES string of the molecule is COC(=O)c1ccc(Cc2cc(C3CC(O)CC(C)O3)c(CO)cc2Cl)s1. The van der Waals surface area contributed by atoms with Crippen LogP contribution in [0.4, 0.5) is 0 Å². The minimum atomic E-state index is -0.427. The summed E-state index contributed by atoms with van der Waals surface area (Å²) in [5, 5.41) is 20.4. The zero-order valence-electron chi connectivity index (χ0n) is 15.3. The molecule has 1 fully saturated rings. The van der Waals surface area contributed by atoms with Crippen LogP contribution in [0.25, 0.3) is 0 Å². The van der Waals surface area contributed by atoms with Crippen LogP contribution in [0.1, 0.15) is 57.1 Å². The molecule has 1 aliphatic rings. The molecule has 0 amide bonds. The number of halogens is 1. The molecular weight excluding hydrogens is 388 g/mol. The van der Waals surface area contributed by atoms with Crippen molar-refractivity contribution in [1.29, 1.82) is 0 Å². The fraction of sp³-hybridized carbons (Fsp3) is 0.450. The highest BCUT2D eigenvalue weighted by Gasteiger charge is 2.29. The van der Waals surface area contributed by atoms with Crippen molar-refractivity contribution in [2.75, 3.05) is 7.11 Å². The fourth-order valence-electron chi connectivity index (χ4n) is 3.44. The van der Waals surface area contributed by atoms with Crippen LogP contribution in [0, 0.1) is 0 Å². The van der Waals surface area contributed by atoms with Crippen molar-refractivity contribution in [1.82, 2.24) is 0 Å². The molecule has 0 saturated carbocycles. The standard InChI is InChI=1S/C20H23ClO5S/c1-11-5-14(23)9-18(26-11)16-7-12(17(21)8-13(16)10-22)6-15-3-4-19(27-15)20(24)25-2/h3-4,7-8,11,14,18,22-23H,5-6,9-10H2,1-2H3. The van der Waals surface area contributed by atoms with Crippen LogP contribution in [-0.4, -0.2) is 35.5 Å². The molecule has 3 atom stereocenters. The van der Waals surface area contributed by atoms with Gasteiger partial charge in [-0.05, 0) is 48.2 Å². The van der Waals surface area contributed by atoms with Crippen LogP contribution in [0.2, 0.25) is 5.02 Å².